The van der Waals surface area contributed by atoms with E-state index < -0.39 is 6.09 Å². The van der Waals surface area contributed by atoms with Crippen LogP contribution < -0.4 is 5.32 Å². The fourth-order valence-corrected chi connectivity index (χ4v) is 4.31. The quantitative estimate of drug-likeness (QED) is 0.705. The molecule has 0 spiro atoms. The molecule has 2 atom stereocenters. The highest BCUT2D eigenvalue weighted by Crippen LogP contribution is 2.44. The van der Waals surface area contributed by atoms with Gasteiger partial charge in [0.25, 0.3) is 0 Å². The maximum atomic E-state index is 12.8. The monoisotopic (exact) mass is 420 g/mol. The summed E-state index contributed by atoms with van der Waals surface area (Å²) in [7, 11) is 0. The Morgan fingerprint density at radius 2 is 1.68 bits per heavy atom. The number of ether oxygens (including phenoxy) is 2. The number of aliphatic imine (C=N–C) groups is 1. The molecule has 4 rings (SSSR count). The number of rotatable bonds is 5. The lowest BCUT2D eigenvalue weighted by atomic mass is 9.86. The summed E-state index contributed by atoms with van der Waals surface area (Å²) in [6.45, 7) is 11.3. The van der Waals surface area contributed by atoms with Gasteiger partial charge in [0.1, 0.15) is 19.3 Å². The minimum atomic E-state index is -0.443. The molecule has 0 unspecified atom stereocenters. The van der Waals surface area contributed by atoms with Crippen LogP contribution in [-0.4, -0.2) is 37.3 Å². The molecule has 0 fully saturated rings. The summed E-state index contributed by atoms with van der Waals surface area (Å²) in [6.07, 6.45) is -0.443. The van der Waals surface area contributed by atoms with Gasteiger partial charge in [-0.25, -0.2) is 9.79 Å². The first kappa shape index (κ1) is 21.4. The highest BCUT2D eigenvalue weighted by atomic mass is 16.5. The summed E-state index contributed by atoms with van der Waals surface area (Å²) in [4.78, 5) is 17.5. The van der Waals surface area contributed by atoms with Crippen LogP contribution in [0, 0.1) is 11.3 Å². The molecule has 0 aromatic heterocycles. The second-order valence-electron chi connectivity index (χ2n) is 9.86. The van der Waals surface area contributed by atoms with Gasteiger partial charge in [0, 0.05) is 5.92 Å². The van der Waals surface area contributed by atoms with E-state index in [-0.39, 0.29) is 23.4 Å². The molecule has 1 heterocycles. The van der Waals surface area contributed by atoms with Crippen molar-refractivity contribution in [2.45, 2.75) is 52.6 Å². The Kier molecular flexibility index (Phi) is 5.78. The Morgan fingerprint density at radius 3 is 2.19 bits per heavy atom. The van der Waals surface area contributed by atoms with Crippen LogP contribution in [0.5, 0.6) is 0 Å². The van der Waals surface area contributed by atoms with Crippen LogP contribution in [0.3, 0.4) is 0 Å². The first-order valence-electron chi connectivity index (χ1n) is 11.1. The molecule has 2 aromatic carbocycles. The maximum Gasteiger partial charge on any atom is 0.407 e. The molecule has 2 aromatic rings. The lowest BCUT2D eigenvalue weighted by molar-refractivity contribution is 0.132. The van der Waals surface area contributed by atoms with E-state index in [0.717, 1.165) is 0 Å². The molecule has 0 saturated carbocycles. The molecule has 1 amide bonds. The summed E-state index contributed by atoms with van der Waals surface area (Å²) < 4.78 is 11.6. The van der Waals surface area contributed by atoms with Crippen LogP contribution in [-0.2, 0) is 9.47 Å². The van der Waals surface area contributed by atoms with Crippen molar-refractivity contribution in [1.29, 1.82) is 0 Å². The average Bonchev–Trinajstić information content (AvgIpc) is 3.33. The van der Waals surface area contributed by atoms with Crippen LogP contribution in [0.1, 0.15) is 51.7 Å². The number of carbonyl (C=O) groups is 1. The van der Waals surface area contributed by atoms with E-state index in [4.69, 9.17) is 14.5 Å². The number of carbonyl (C=O) groups excluding carboxylic acids is 1. The lowest BCUT2D eigenvalue weighted by Gasteiger charge is -2.30. The molecule has 1 aliphatic carbocycles. The first-order valence-corrected chi connectivity index (χ1v) is 11.1. The zero-order valence-electron chi connectivity index (χ0n) is 19.0. The van der Waals surface area contributed by atoms with Gasteiger partial charge >= 0.3 is 6.09 Å². The van der Waals surface area contributed by atoms with Gasteiger partial charge < -0.3 is 14.8 Å². The van der Waals surface area contributed by atoms with Crippen LogP contribution in [0.15, 0.2) is 53.5 Å². The minimum Gasteiger partial charge on any atom is -0.477 e. The van der Waals surface area contributed by atoms with E-state index >= 15 is 0 Å². The summed E-state index contributed by atoms with van der Waals surface area (Å²) in [5.74, 6) is 1.03. The average molecular weight is 421 g/mol. The van der Waals surface area contributed by atoms with Crippen LogP contribution >= 0.6 is 0 Å². The number of hydrogen-bond donors (Lipinski definition) is 1. The Balaban J connectivity index is 1.47. The lowest BCUT2D eigenvalue weighted by Crippen LogP contribution is -2.49. The molecule has 0 saturated heterocycles. The third-order valence-electron chi connectivity index (χ3n) is 6.18. The van der Waals surface area contributed by atoms with E-state index in [1.54, 1.807) is 0 Å². The summed E-state index contributed by atoms with van der Waals surface area (Å²) >= 11 is 0. The second-order valence-corrected chi connectivity index (χ2v) is 9.86. The van der Waals surface area contributed by atoms with Gasteiger partial charge in [-0.05, 0) is 33.6 Å². The molecule has 31 heavy (non-hydrogen) atoms. The third-order valence-corrected chi connectivity index (χ3v) is 6.18. The number of nitrogens with zero attached hydrogens (tertiary/aromatic N) is 1. The van der Waals surface area contributed by atoms with Crippen molar-refractivity contribution < 1.29 is 14.3 Å². The molecule has 1 aliphatic heterocycles. The van der Waals surface area contributed by atoms with Crippen molar-refractivity contribution in [2.75, 3.05) is 13.2 Å². The third kappa shape index (κ3) is 4.32. The Morgan fingerprint density at radius 1 is 1.10 bits per heavy atom. The topological polar surface area (TPSA) is 59.9 Å². The molecule has 0 radical (unpaired) electrons. The number of benzene rings is 2. The zero-order chi connectivity index (χ0) is 22.2. The summed E-state index contributed by atoms with van der Waals surface area (Å²) in [5, 5.41) is 3.01. The molecular formula is C26H32N2O3. The van der Waals surface area contributed by atoms with Crippen LogP contribution in [0.4, 0.5) is 4.79 Å². The number of nitrogens with one attached hydrogen (secondary N) is 1. The van der Waals surface area contributed by atoms with Gasteiger partial charge in [0.2, 0.25) is 5.90 Å². The predicted molar refractivity (Wildman–Crippen MR) is 123 cm³/mol. The fraction of sp³-hybridized carbons (Fsp3) is 0.462. The molecule has 164 valence electrons. The summed E-state index contributed by atoms with van der Waals surface area (Å²) in [5.41, 5.74) is 4.58. The van der Waals surface area contributed by atoms with Crippen molar-refractivity contribution >= 4 is 12.0 Å². The van der Waals surface area contributed by atoms with Crippen molar-refractivity contribution in [3.05, 3.63) is 59.7 Å². The molecule has 0 bridgehead atoms. The standard InChI is InChI=1S/C26H32N2O3/c1-16(2)22-15-30-24(27-22)23(26(3,4)5)28-25(29)31-14-21-19-12-8-6-10-17(19)18-11-7-9-13-20(18)21/h6-13,16,21-23H,14-15H2,1-5H3,(H,28,29)/t22-,23-/m1/s1. The maximum absolute atomic E-state index is 12.8. The molecular weight excluding hydrogens is 388 g/mol. The SMILES string of the molecule is CC(C)[C@H]1COC([C@@H](NC(=O)OCC2c3ccccc3-c3ccccc32)C(C)(C)C)=N1. The van der Waals surface area contributed by atoms with E-state index in [2.05, 4.69) is 64.2 Å². The van der Waals surface area contributed by atoms with E-state index in [1.165, 1.54) is 22.3 Å². The molecule has 1 N–H and O–H groups in total. The normalized spacial score (nSPS) is 18.8. The van der Waals surface area contributed by atoms with Gasteiger partial charge in [-0.2, -0.15) is 0 Å². The molecule has 5 nitrogen and oxygen atoms in total. The van der Waals surface area contributed by atoms with Gasteiger partial charge in [-0.3, -0.25) is 0 Å². The van der Waals surface area contributed by atoms with Gasteiger partial charge in [-0.1, -0.05) is 83.1 Å². The number of fused-ring (bicyclic) bond motifs is 3. The largest absolute Gasteiger partial charge is 0.477 e. The molecule has 2 aliphatic rings. The smallest absolute Gasteiger partial charge is 0.407 e. The van der Waals surface area contributed by atoms with E-state index in [0.29, 0.717) is 25.0 Å². The van der Waals surface area contributed by atoms with Crippen LogP contribution in [0.25, 0.3) is 11.1 Å². The van der Waals surface area contributed by atoms with Gasteiger partial charge in [-0.15, -0.1) is 0 Å². The number of alkyl carbamates (subject to hydrolysis) is 1. The molecule has 5 heteroatoms. The minimum absolute atomic E-state index is 0.0385. The Hall–Kier alpha value is -2.82. The van der Waals surface area contributed by atoms with E-state index in [9.17, 15) is 4.79 Å². The Labute approximate surface area is 184 Å². The Bertz CT molecular complexity index is 945. The van der Waals surface area contributed by atoms with Crippen molar-refractivity contribution in [2.24, 2.45) is 16.3 Å². The summed E-state index contributed by atoms with van der Waals surface area (Å²) in [6, 6.07) is 16.4. The van der Waals surface area contributed by atoms with Gasteiger partial charge in [0.05, 0.1) is 6.04 Å². The second kappa shape index (κ2) is 8.37. The van der Waals surface area contributed by atoms with Crippen LogP contribution in [0.2, 0.25) is 0 Å². The fourth-order valence-electron chi connectivity index (χ4n) is 4.31. The van der Waals surface area contributed by atoms with Crippen molar-refractivity contribution in [1.82, 2.24) is 5.32 Å². The number of amides is 1. The highest BCUT2D eigenvalue weighted by Gasteiger charge is 2.37. The zero-order valence-corrected chi connectivity index (χ0v) is 19.0. The predicted octanol–water partition coefficient (Wildman–Crippen LogP) is 5.39. The van der Waals surface area contributed by atoms with Crippen molar-refractivity contribution in [3.63, 3.8) is 0 Å². The van der Waals surface area contributed by atoms with Gasteiger partial charge in [0.15, 0.2) is 0 Å². The first-order chi connectivity index (χ1) is 14.8. The van der Waals surface area contributed by atoms with E-state index in [1.807, 2.05) is 24.3 Å². The highest BCUT2D eigenvalue weighted by molar-refractivity contribution is 5.87. The number of hydrogen-bond acceptors (Lipinski definition) is 4. The van der Waals surface area contributed by atoms with Crippen molar-refractivity contribution in [3.8, 4) is 11.1 Å².